The van der Waals surface area contributed by atoms with Crippen LogP contribution in [0.15, 0.2) is 10.7 Å². The summed E-state index contributed by atoms with van der Waals surface area (Å²) in [6.45, 7) is 0. The molecule has 0 saturated heterocycles. The van der Waals surface area contributed by atoms with E-state index in [9.17, 15) is 18.0 Å². The van der Waals surface area contributed by atoms with Gasteiger partial charge >= 0.3 is 0 Å². The van der Waals surface area contributed by atoms with Crippen molar-refractivity contribution >= 4 is 21.8 Å². The maximum Gasteiger partial charge on any atom is 0.264 e. The van der Waals surface area contributed by atoms with Crippen molar-refractivity contribution in [2.75, 3.05) is 0 Å². The first-order valence-corrected chi connectivity index (χ1v) is 4.16. The van der Waals surface area contributed by atoms with Gasteiger partial charge in [-0.05, 0) is 15.9 Å². The largest absolute Gasteiger partial charge is 0.366 e. The Morgan fingerprint density at radius 2 is 2.14 bits per heavy atom. The Hall–Kier alpha value is -1.11. The van der Waals surface area contributed by atoms with Crippen LogP contribution in [0.4, 0.5) is 13.2 Å². The van der Waals surface area contributed by atoms with Crippen molar-refractivity contribution in [2.24, 2.45) is 5.73 Å². The predicted molar refractivity (Wildman–Crippen MR) is 45.4 cm³/mol. The van der Waals surface area contributed by atoms with Gasteiger partial charge in [-0.1, -0.05) is 0 Å². The molecule has 1 rings (SSSR count). The molecule has 0 bridgehead atoms. The molecular formula is C7H4BrF3N2O. The Kier molecular flexibility index (Phi) is 3.10. The van der Waals surface area contributed by atoms with Gasteiger partial charge in [0.25, 0.3) is 12.3 Å². The Morgan fingerprint density at radius 3 is 2.57 bits per heavy atom. The van der Waals surface area contributed by atoms with Gasteiger partial charge in [-0.3, -0.25) is 4.79 Å². The minimum absolute atomic E-state index is 0.319. The van der Waals surface area contributed by atoms with Crippen LogP contribution < -0.4 is 5.73 Å². The van der Waals surface area contributed by atoms with E-state index >= 15 is 0 Å². The Labute approximate surface area is 85.2 Å². The van der Waals surface area contributed by atoms with Crippen molar-refractivity contribution in [1.29, 1.82) is 0 Å². The summed E-state index contributed by atoms with van der Waals surface area (Å²) in [4.78, 5) is 13.9. The molecule has 1 heterocycles. The van der Waals surface area contributed by atoms with Crippen LogP contribution in [0.1, 0.15) is 22.3 Å². The minimum atomic E-state index is -2.98. The lowest BCUT2D eigenvalue weighted by Crippen LogP contribution is -2.16. The van der Waals surface area contributed by atoms with Crippen LogP contribution in [0.25, 0.3) is 0 Å². The van der Waals surface area contributed by atoms with Gasteiger partial charge in [0.1, 0.15) is 4.60 Å². The van der Waals surface area contributed by atoms with Gasteiger partial charge in [0, 0.05) is 11.6 Å². The lowest BCUT2D eigenvalue weighted by atomic mass is 10.1. The molecule has 0 spiro atoms. The Morgan fingerprint density at radius 1 is 1.57 bits per heavy atom. The molecule has 1 aromatic heterocycles. The molecule has 1 amide bonds. The molecule has 76 valence electrons. The van der Waals surface area contributed by atoms with Gasteiger partial charge in [0.2, 0.25) is 5.95 Å². The summed E-state index contributed by atoms with van der Waals surface area (Å²) in [6, 6.07) is 0.482. The number of amides is 1. The normalized spacial score (nSPS) is 10.6. The highest BCUT2D eigenvalue weighted by Crippen LogP contribution is 2.27. The highest BCUT2D eigenvalue weighted by molar-refractivity contribution is 9.10. The summed E-state index contributed by atoms with van der Waals surface area (Å²) in [7, 11) is 0. The van der Waals surface area contributed by atoms with E-state index in [-0.39, 0.29) is 4.60 Å². The second kappa shape index (κ2) is 3.95. The second-order valence-electron chi connectivity index (χ2n) is 2.36. The first-order chi connectivity index (χ1) is 6.43. The van der Waals surface area contributed by atoms with Gasteiger partial charge < -0.3 is 5.73 Å². The number of primary amides is 1. The van der Waals surface area contributed by atoms with Crippen LogP contribution in [-0.4, -0.2) is 10.9 Å². The Bertz CT molecular complexity index is 383. The summed E-state index contributed by atoms with van der Waals surface area (Å²) in [5, 5.41) is 0. The monoisotopic (exact) mass is 268 g/mol. The highest BCUT2D eigenvalue weighted by Gasteiger charge is 2.21. The van der Waals surface area contributed by atoms with Gasteiger partial charge in [-0.15, -0.1) is 0 Å². The topological polar surface area (TPSA) is 56.0 Å². The van der Waals surface area contributed by atoms with Crippen LogP contribution in [-0.2, 0) is 0 Å². The molecule has 2 N–H and O–H groups in total. The molecule has 0 aliphatic rings. The summed E-state index contributed by atoms with van der Waals surface area (Å²) >= 11 is 2.68. The van der Waals surface area contributed by atoms with Crippen LogP contribution in [0.3, 0.4) is 0 Å². The van der Waals surface area contributed by atoms with Crippen LogP contribution >= 0.6 is 15.9 Å². The lowest BCUT2D eigenvalue weighted by Gasteiger charge is -2.06. The number of pyridine rings is 1. The third kappa shape index (κ3) is 2.03. The molecule has 0 radical (unpaired) electrons. The summed E-state index contributed by atoms with van der Waals surface area (Å²) in [6.07, 6.45) is -2.98. The number of halogens is 4. The highest BCUT2D eigenvalue weighted by atomic mass is 79.9. The maximum atomic E-state index is 12.6. The number of carbonyl (C=O) groups is 1. The van der Waals surface area contributed by atoms with Gasteiger partial charge in [-0.25, -0.2) is 13.8 Å². The number of hydrogen-bond donors (Lipinski definition) is 1. The average Bonchev–Trinajstić information content (AvgIpc) is 2.01. The predicted octanol–water partition coefficient (Wildman–Crippen LogP) is 2.02. The third-order valence-corrected chi connectivity index (χ3v) is 2.03. The molecule has 1 aromatic rings. The van der Waals surface area contributed by atoms with E-state index < -0.39 is 29.4 Å². The summed E-state index contributed by atoms with van der Waals surface area (Å²) in [5.74, 6) is -2.18. The van der Waals surface area contributed by atoms with Crippen molar-refractivity contribution in [3.63, 3.8) is 0 Å². The zero-order valence-corrected chi connectivity index (χ0v) is 8.19. The zero-order valence-electron chi connectivity index (χ0n) is 6.60. The first kappa shape index (κ1) is 11.0. The van der Waals surface area contributed by atoms with Gasteiger partial charge in [-0.2, -0.15) is 4.39 Å². The molecule has 0 unspecified atom stereocenters. The number of nitrogens with two attached hydrogens (primary N) is 1. The number of hydrogen-bond acceptors (Lipinski definition) is 2. The third-order valence-electron chi connectivity index (χ3n) is 1.46. The van der Waals surface area contributed by atoms with Crippen molar-refractivity contribution in [3.05, 3.63) is 27.7 Å². The van der Waals surface area contributed by atoms with Crippen molar-refractivity contribution in [2.45, 2.75) is 6.43 Å². The second-order valence-corrected chi connectivity index (χ2v) is 3.12. The SMILES string of the molecule is NC(=O)c1c(C(F)F)cc(F)nc1Br. The maximum absolute atomic E-state index is 12.6. The van der Waals surface area contributed by atoms with Crippen molar-refractivity contribution < 1.29 is 18.0 Å². The number of rotatable bonds is 2. The standard InChI is InChI=1S/C7H4BrF3N2O/c8-5-4(7(12)14)2(6(10)11)1-3(9)13-5/h1,6H,(H2,12,14). The van der Waals surface area contributed by atoms with E-state index in [0.29, 0.717) is 6.07 Å². The van der Waals surface area contributed by atoms with Crippen LogP contribution in [0.2, 0.25) is 0 Å². The van der Waals surface area contributed by atoms with Gasteiger partial charge in [0.15, 0.2) is 0 Å². The molecule has 0 aliphatic carbocycles. The minimum Gasteiger partial charge on any atom is -0.366 e. The molecule has 14 heavy (non-hydrogen) atoms. The molecule has 7 heteroatoms. The number of nitrogens with zero attached hydrogens (tertiary/aromatic N) is 1. The van der Waals surface area contributed by atoms with E-state index in [2.05, 4.69) is 20.9 Å². The Balaban J connectivity index is 3.44. The fourth-order valence-electron chi connectivity index (χ4n) is 0.918. The molecule has 3 nitrogen and oxygen atoms in total. The van der Waals surface area contributed by atoms with E-state index in [4.69, 9.17) is 5.73 Å². The van der Waals surface area contributed by atoms with Crippen molar-refractivity contribution in [3.8, 4) is 0 Å². The number of alkyl halides is 2. The van der Waals surface area contributed by atoms with Crippen molar-refractivity contribution in [1.82, 2.24) is 4.98 Å². The molecule has 0 aromatic carbocycles. The summed E-state index contributed by atoms with van der Waals surface area (Å²) < 4.78 is 36.9. The molecule has 0 fully saturated rings. The van der Waals surface area contributed by atoms with E-state index in [1.54, 1.807) is 0 Å². The molecule has 0 saturated carbocycles. The fourth-order valence-corrected chi connectivity index (χ4v) is 1.51. The summed E-state index contributed by atoms with van der Waals surface area (Å²) in [5.41, 5.74) is 3.57. The average molecular weight is 269 g/mol. The molecule has 0 aliphatic heterocycles. The van der Waals surface area contributed by atoms with Crippen LogP contribution in [0, 0.1) is 5.95 Å². The molecular weight excluding hydrogens is 265 g/mol. The van der Waals surface area contributed by atoms with Crippen LogP contribution in [0.5, 0.6) is 0 Å². The first-order valence-electron chi connectivity index (χ1n) is 3.37. The number of carbonyl (C=O) groups excluding carboxylic acids is 1. The van der Waals surface area contributed by atoms with E-state index in [1.165, 1.54) is 0 Å². The van der Waals surface area contributed by atoms with E-state index in [1.807, 2.05) is 0 Å². The lowest BCUT2D eigenvalue weighted by molar-refractivity contribution is 0.0984. The van der Waals surface area contributed by atoms with Gasteiger partial charge in [0.05, 0.1) is 5.56 Å². The smallest absolute Gasteiger partial charge is 0.264 e. The fraction of sp³-hybridized carbons (Fsp3) is 0.143. The zero-order chi connectivity index (χ0) is 10.9. The quantitative estimate of drug-likeness (QED) is 0.835. The number of aromatic nitrogens is 1. The molecule has 0 atom stereocenters. The van der Waals surface area contributed by atoms with E-state index in [0.717, 1.165) is 0 Å².